The van der Waals surface area contributed by atoms with Gasteiger partial charge in [-0.3, -0.25) is 14.9 Å². The first-order valence-corrected chi connectivity index (χ1v) is 12.0. The molecule has 7 heteroatoms. The largest absolute Gasteiger partial charge is 0.369 e. The molecule has 0 bridgehead atoms. The fraction of sp³-hybridized carbons (Fsp3) is 0.292. The summed E-state index contributed by atoms with van der Waals surface area (Å²) in [5.74, 6) is 0.268. The van der Waals surface area contributed by atoms with Gasteiger partial charge in [0.2, 0.25) is 5.91 Å². The Morgan fingerprint density at radius 2 is 1.84 bits per heavy atom. The second kappa shape index (κ2) is 10.1. The smallest absolute Gasteiger partial charge is 0.258 e. The van der Waals surface area contributed by atoms with Crippen LogP contribution < -0.4 is 11.1 Å². The van der Waals surface area contributed by atoms with Crippen LogP contribution in [0.2, 0.25) is 0 Å². The molecule has 31 heavy (non-hydrogen) atoms. The number of nitrogens with one attached hydrogen (secondary N) is 1. The molecule has 2 aromatic carbocycles. The maximum Gasteiger partial charge on any atom is 0.258 e. The van der Waals surface area contributed by atoms with Crippen LogP contribution in [0.1, 0.15) is 61.0 Å². The zero-order valence-electron chi connectivity index (χ0n) is 18.1. The van der Waals surface area contributed by atoms with Crippen LogP contribution in [0.5, 0.6) is 0 Å². The fourth-order valence-electron chi connectivity index (χ4n) is 3.20. The van der Waals surface area contributed by atoms with Crippen LogP contribution in [0.15, 0.2) is 52.7 Å². The zero-order chi connectivity index (χ0) is 22.5. The molecule has 2 amide bonds. The molecule has 0 atom stereocenters. The number of nitrogens with zero attached hydrogens (tertiary/aromatic N) is 1. The van der Waals surface area contributed by atoms with Crippen molar-refractivity contribution >= 4 is 40.0 Å². The van der Waals surface area contributed by atoms with Gasteiger partial charge < -0.3 is 5.73 Å². The van der Waals surface area contributed by atoms with Gasteiger partial charge in [0.05, 0.1) is 17.0 Å². The lowest BCUT2D eigenvalue weighted by Crippen LogP contribution is -2.15. The van der Waals surface area contributed by atoms with E-state index in [1.54, 1.807) is 18.2 Å². The Morgan fingerprint density at radius 1 is 1.10 bits per heavy atom. The lowest BCUT2D eigenvalue weighted by molar-refractivity contribution is -0.115. The number of nitrogens with two attached hydrogens (primary N) is 1. The molecule has 0 saturated carbocycles. The molecular weight excluding hydrogens is 426 g/mol. The highest BCUT2D eigenvalue weighted by Crippen LogP contribution is 2.34. The minimum absolute atomic E-state index is 0.121. The van der Waals surface area contributed by atoms with E-state index in [-0.39, 0.29) is 11.7 Å². The number of benzene rings is 2. The number of primary amides is 1. The Labute approximate surface area is 191 Å². The van der Waals surface area contributed by atoms with Crippen LogP contribution >= 0.6 is 23.1 Å². The number of thioether (sulfide) groups is 1. The number of hydrogen-bond donors (Lipinski definition) is 2. The third-order valence-corrected chi connectivity index (χ3v) is 6.72. The molecule has 0 aliphatic rings. The van der Waals surface area contributed by atoms with Crippen molar-refractivity contribution in [1.29, 1.82) is 0 Å². The van der Waals surface area contributed by atoms with Gasteiger partial charge in [-0.15, -0.1) is 23.1 Å². The van der Waals surface area contributed by atoms with Gasteiger partial charge in [0, 0.05) is 15.8 Å². The summed E-state index contributed by atoms with van der Waals surface area (Å²) in [5, 5.41) is 5.40. The first kappa shape index (κ1) is 23.0. The van der Waals surface area contributed by atoms with Gasteiger partial charge in [0.25, 0.3) is 5.91 Å². The van der Waals surface area contributed by atoms with Crippen molar-refractivity contribution in [2.24, 2.45) is 5.73 Å². The molecule has 1 aromatic heterocycles. The molecule has 0 unspecified atom stereocenters. The Bertz CT molecular complexity index is 1090. The van der Waals surface area contributed by atoms with E-state index in [1.807, 2.05) is 11.4 Å². The predicted octanol–water partition coefficient (Wildman–Crippen LogP) is 5.89. The van der Waals surface area contributed by atoms with Gasteiger partial charge in [0.15, 0.2) is 5.13 Å². The monoisotopic (exact) mass is 453 g/mol. The maximum absolute atomic E-state index is 12.8. The van der Waals surface area contributed by atoms with Crippen LogP contribution in [0, 0.1) is 0 Å². The predicted molar refractivity (Wildman–Crippen MR) is 130 cm³/mol. The highest BCUT2D eigenvalue weighted by molar-refractivity contribution is 8.00. The standard InChI is InChI=1S/C24H27N3O2S2/c1-14(2)16-9-10-17(19(11-16)15(3)4)20-12-31-24(26-20)27-23(29)18-7-5-6-8-21(18)30-13-22(25)28/h5-12,14-15H,13H2,1-4H3,(H2,25,28)(H,26,27,29). The number of thiazole rings is 1. The van der Waals surface area contributed by atoms with E-state index < -0.39 is 5.91 Å². The van der Waals surface area contributed by atoms with Crippen molar-refractivity contribution in [3.05, 3.63) is 64.5 Å². The van der Waals surface area contributed by atoms with E-state index in [0.717, 1.165) is 11.3 Å². The van der Waals surface area contributed by atoms with Gasteiger partial charge in [-0.1, -0.05) is 58.0 Å². The molecule has 0 radical (unpaired) electrons. The second-order valence-electron chi connectivity index (χ2n) is 7.90. The van der Waals surface area contributed by atoms with Gasteiger partial charge in [-0.25, -0.2) is 4.98 Å². The Kier molecular flexibility index (Phi) is 7.51. The number of aromatic nitrogens is 1. The molecule has 0 aliphatic carbocycles. The summed E-state index contributed by atoms with van der Waals surface area (Å²) in [7, 11) is 0. The summed E-state index contributed by atoms with van der Waals surface area (Å²) in [6.45, 7) is 8.74. The average Bonchev–Trinajstić information content (AvgIpc) is 3.20. The minimum Gasteiger partial charge on any atom is -0.369 e. The number of carbonyl (C=O) groups is 2. The van der Waals surface area contributed by atoms with E-state index in [2.05, 4.69) is 56.2 Å². The quantitative estimate of drug-likeness (QED) is 0.417. The van der Waals surface area contributed by atoms with Gasteiger partial charge in [0.1, 0.15) is 0 Å². The summed E-state index contributed by atoms with van der Waals surface area (Å²) >= 11 is 2.65. The van der Waals surface area contributed by atoms with Gasteiger partial charge >= 0.3 is 0 Å². The molecule has 0 fully saturated rings. The molecule has 162 valence electrons. The Morgan fingerprint density at radius 3 is 2.52 bits per heavy atom. The first-order valence-electron chi connectivity index (χ1n) is 10.2. The van der Waals surface area contributed by atoms with Gasteiger partial charge in [-0.2, -0.15) is 0 Å². The van der Waals surface area contributed by atoms with E-state index in [1.165, 1.54) is 34.2 Å². The summed E-state index contributed by atoms with van der Waals surface area (Å²) in [6.07, 6.45) is 0. The third kappa shape index (κ3) is 5.74. The van der Waals surface area contributed by atoms with Crippen LogP contribution in [0.4, 0.5) is 5.13 Å². The summed E-state index contributed by atoms with van der Waals surface area (Å²) in [4.78, 5) is 29.3. The maximum atomic E-state index is 12.8. The Hall–Kier alpha value is -2.64. The third-order valence-electron chi connectivity index (χ3n) is 4.87. The first-order chi connectivity index (χ1) is 14.8. The molecule has 1 heterocycles. The number of rotatable bonds is 8. The fourth-order valence-corrected chi connectivity index (χ4v) is 4.69. The van der Waals surface area contributed by atoms with E-state index >= 15 is 0 Å². The summed E-state index contributed by atoms with van der Waals surface area (Å²) in [5.41, 5.74) is 10.2. The summed E-state index contributed by atoms with van der Waals surface area (Å²) < 4.78 is 0. The molecular formula is C24H27N3O2S2. The molecule has 3 rings (SSSR count). The SMILES string of the molecule is CC(C)c1ccc(-c2csc(NC(=O)c3ccccc3SCC(N)=O)n2)c(C(C)C)c1. The van der Waals surface area contributed by atoms with Crippen LogP contribution in [-0.4, -0.2) is 22.6 Å². The Balaban J connectivity index is 1.83. The second-order valence-corrected chi connectivity index (χ2v) is 9.77. The van der Waals surface area contributed by atoms with Gasteiger partial charge in [-0.05, 0) is 35.1 Å². The molecule has 0 spiro atoms. The van der Waals surface area contributed by atoms with E-state index in [9.17, 15) is 9.59 Å². The molecule has 3 N–H and O–H groups in total. The summed E-state index contributed by atoms with van der Waals surface area (Å²) in [6, 6.07) is 13.7. The van der Waals surface area contributed by atoms with Crippen molar-refractivity contribution in [3.8, 4) is 11.3 Å². The van der Waals surface area contributed by atoms with E-state index in [4.69, 9.17) is 5.73 Å². The highest BCUT2D eigenvalue weighted by atomic mass is 32.2. The van der Waals surface area contributed by atoms with Crippen LogP contribution in [0.3, 0.4) is 0 Å². The molecule has 3 aromatic rings. The van der Waals surface area contributed by atoms with Crippen molar-refractivity contribution in [2.75, 3.05) is 11.1 Å². The van der Waals surface area contributed by atoms with Crippen LogP contribution in [-0.2, 0) is 4.79 Å². The minimum atomic E-state index is -0.422. The highest BCUT2D eigenvalue weighted by Gasteiger charge is 2.17. The van der Waals surface area contributed by atoms with Crippen molar-refractivity contribution in [3.63, 3.8) is 0 Å². The molecule has 0 saturated heterocycles. The number of anilines is 1. The normalized spacial score (nSPS) is 11.2. The number of hydrogen-bond acceptors (Lipinski definition) is 5. The molecule has 5 nitrogen and oxygen atoms in total. The van der Waals surface area contributed by atoms with Crippen LogP contribution in [0.25, 0.3) is 11.3 Å². The van der Waals surface area contributed by atoms with E-state index in [0.29, 0.717) is 27.4 Å². The average molecular weight is 454 g/mol. The van der Waals surface area contributed by atoms with Crippen molar-refractivity contribution in [2.45, 2.75) is 44.4 Å². The van der Waals surface area contributed by atoms with Crippen molar-refractivity contribution in [1.82, 2.24) is 4.98 Å². The van der Waals surface area contributed by atoms with Crippen molar-refractivity contribution < 1.29 is 9.59 Å². The number of amides is 2. The molecule has 0 aliphatic heterocycles. The number of carbonyl (C=O) groups excluding carboxylic acids is 2. The lowest BCUT2D eigenvalue weighted by Gasteiger charge is -2.15. The zero-order valence-corrected chi connectivity index (χ0v) is 19.8. The topological polar surface area (TPSA) is 85.1 Å². The lowest BCUT2D eigenvalue weighted by atomic mass is 9.90.